The van der Waals surface area contributed by atoms with Crippen LogP contribution in [0.1, 0.15) is 32.1 Å². The summed E-state index contributed by atoms with van der Waals surface area (Å²) in [6, 6.07) is 8.06. The molecule has 0 aliphatic heterocycles. The molecule has 1 aromatic carbocycles. The Morgan fingerprint density at radius 1 is 1.10 bits per heavy atom. The molecule has 5 heteroatoms. The second-order valence-electron chi connectivity index (χ2n) is 5.28. The van der Waals surface area contributed by atoms with Crippen LogP contribution in [0.15, 0.2) is 42.1 Å². The summed E-state index contributed by atoms with van der Waals surface area (Å²) >= 11 is 0. The maximum atomic E-state index is 13.1. The molecule has 0 bridgehead atoms. The Labute approximate surface area is 122 Å². The lowest BCUT2D eigenvalue weighted by Crippen LogP contribution is -2.23. The largest absolute Gasteiger partial charge is 0.431 e. The highest BCUT2D eigenvalue weighted by Gasteiger charge is 2.35. The predicted molar refractivity (Wildman–Crippen MR) is 75.8 cm³/mol. The molecule has 2 rings (SSSR count). The fourth-order valence-corrected chi connectivity index (χ4v) is 2.51. The van der Waals surface area contributed by atoms with Crippen LogP contribution >= 0.6 is 0 Å². The molecule has 2 nitrogen and oxygen atoms in total. The highest BCUT2D eigenvalue weighted by Crippen LogP contribution is 2.30. The van der Waals surface area contributed by atoms with E-state index in [-0.39, 0.29) is 5.92 Å². The fraction of sp³-hybridized carbons (Fsp3) is 0.438. The molecule has 0 heterocycles. The molecule has 0 unspecified atom stereocenters. The summed E-state index contributed by atoms with van der Waals surface area (Å²) in [5, 5.41) is 2.30. The number of halogens is 3. The van der Waals surface area contributed by atoms with Gasteiger partial charge in [0.05, 0.1) is 0 Å². The first kappa shape index (κ1) is 15.6. The van der Waals surface area contributed by atoms with E-state index in [1.165, 1.54) is 12.1 Å². The summed E-state index contributed by atoms with van der Waals surface area (Å²) < 4.78 is 39.2. The Hall–Kier alpha value is -1.78. The number of carbonyl (C=O) groups is 1. The maximum absolute atomic E-state index is 13.1. The molecule has 0 aromatic heterocycles. The first-order valence-electron chi connectivity index (χ1n) is 7.11. The van der Waals surface area contributed by atoms with Gasteiger partial charge in [0.1, 0.15) is 5.70 Å². The van der Waals surface area contributed by atoms with Crippen molar-refractivity contribution in [2.45, 2.75) is 38.3 Å². The van der Waals surface area contributed by atoms with Crippen LogP contribution in [0.2, 0.25) is 0 Å². The summed E-state index contributed by atoms with van der Waals surface area (Å²) in [4.78, 5) is 12.0. The third-order valence-electron chi connectivity index (χ3n) is 3.65. The Balaban J connectivity index is 2.15. The lowest BCUT2D eigenvalue weighted by molar-refractivity contribution is -0.120. The van der Waals surface area contributed by atoms with E-state index in [4.69, 9.17) is 0 Å². The number of benzene rings is 1. The molecule has 1 aromatic rings. The van der Waals surface area contributed by atoms with Gasteiger partial charge < -0.3 is 5.32 Å². The number of allylic oxidation sites excluding steroid dienone is 2. The molecule has 0 radical (unpaired) electrons. The first-order chi connectivity index (χ1) is 9.97. The van der Waals surface area contributed by atoms with Crippen molar-refractivity contribution in [1.82, 2.24) is 0 Å². The van der Waals surface area contributed by atoms with Crippen molar-refractivity contribution in [3.8, 4) is 0 Å². The third-order valence-corrected chi connectivity index (χ3v) is 3.65. The average molecular weight is 297 g/mol. The zero-order chi connectivity index (χ0) is 15.3. The molecular weight excluding hydrogens is 279 g/mol. The van der Waals surface area contributed by atoms with Crippen molar-refractivity contribution in [3.63, 3.8) is 0 Å². The number of ketones is 1. The minimum absolute atomic E-state index is 0.270. The van der Waals surface area contributed by atoms with Crippen LogP contribution in [0.25, 0.3) is 0 Å². The van der Waals surface area contributed by atoms with Crippen LogP contribution in [0.3, 0.4) is 0 Å². The number of nitrogens with one attached hydrogen (secondary N) is 1. The molecule has 0 amide bonds. The van der Waals surface area contributed by atoms with Crippen LogP contribution in [-0.4, -0.2) is 12.0 Å². The van der Waals surface area contributed by atoms with Gasteiger partial charge in [-0.15, -0.1) is 0 Å². The van der Waals surface area contributed by atoms with Gasteiger partial charge in [-0.25, -0.2) is 0 Å². The van der Waals surface area contributed by atoms with Gasteiger partial charge >= 0.3 is 6.18 Å². The van der Waals surface area contributed by atoms with Gasteiger partial charge in [-0.3, -0.25) is 4.79 Å². The number of carbonyl (C=O) groups excluding carboxylic acids is 1. The SMILES string of the molecule is O=C(/C=C(/Nc1ccccc1)C(F)(F)F)C1CCCCC1. The van der Waals surface area contributed by atoms with Crippen molar-refractivity contribution in [2.24, 2.45) is 5.92 Å². The van der Waals surface area contributed by atoms with E-state index in [0.29, 0.717) is 18.5 Å². The normalized spacial score (nSPS) is 17.6. The summed E-state index contributed by atoms with van der Waals surface area (Å²) in [7, 11) is 0. The minimum atomic E-state index is -4.57. The Bertz CT molecular complexity index is 502. The monoisotopic (exact) mass is 297 g/mol. The molecule has 114 valence electrons. The smallest absolute Gasteiger partial charge is 0.351 e. The predicted octanol–water partition coefficient (Wildman–Crippen LogP) is 4.69. The van der Waals surface area contributed by atoms with Gasteiger partial charge in [0.25, 0.3) is 0 Å². The second kappa shape index (κ2) is 6.78. The van der Waals surface area contributed by atoms with Crippen molar-refractivity contribution in [1.29, 1.82) is 0 Å². The summed E-state index contributed by atoms with van der Waals surface area (Å²) in [6.07, 6.45) is 0.415. The van der Waals surface area contributed by atoms with Gasteiger partial charge in [0, 0.05) is 17.7 Å². The van der Waals surface area contributed by atoms with E-state index >= 15 is 0 Å². The Morgan fingerprint density at radius 3 is 2.29 bits per heavy atom. The van der Waals surface area contributed by atoms with Gasteiger partial charge in [-0.2, -0.15) is 13.2 Å². The van der Waals surface area contributed by atoms with E-state index in [9.17, 15) is 18.0 Å². The standard InChI is InChI=1S/C16H18F3NO/c17-16(18,19)15(20-13-9-5-2-6-10-13)11-14(21)12-7-3-1-4-8-12/h2,5-6,9-12,20H,1,3-4,7-8H2/b15-11+. The molecule has 0 atom stereocenters. The number of rotatable bonds is 4. The van der Waals surface area contributed by atoms with Crippen molar-refractivity contribution in [2.75, 3.05) is 5.32 Å². The number of hydrogen-bond acceptors (Lipinski definition) is 2. The molecule has 0 saturated heterocycles. The number of anilines is 1. The van der Waals surface area contributed by atoms with E-state index < -0.39 is 17.7 Å². The molecule has 1 aliphatic rings. The topological polar surface area (TPSA) is 29.1 Å². The van der Waals surface area contributed by atoms with Crippen molar-refractivity contribution in [3.05, 3.63) is 42.1 Å². The van der Waals surface area contributed by atoms with E-state index in [1.54, 1.807) is 18.2 Å². The molecule has 1 saturated carbocycles. The highest BCUT2D eigenvalue weighted by molar-refractivity contribution is 5.93. The minimum Gasteiger partial charge on any atom is -0.351 e. The van der Waals surface area contributed by atoms with Crippen LogP contribution in [0.4, 0.5) is 18.9 Å². The molecule has 1 aliphatic carbocycles. The zero-order valence-corrected chi connectivity index (χ0v) is 11.6. The fourth-order valence-electron chi connectivity index (χ4n) is 2.51. The lowest BCUT2D eigenvalue weighted by atomic mass is 9.86. The highest BCUT2D eigenvalue weighted by atomic mass is 19.4. The van der Waals surface area contributed by atoms with Gasteiger partial charge in [-0.1, -0.05) is 37.5 Å². The number of hydrogen-bond donors (Lipinski definition) is 1. The zero-order valence-electron chi connectivity index (χ0n) is 11.6. The maximum Gasteiger partial charge on any atom is 0.431 e. The average Bonchev–Trinajstić information content (AvgIpc) is 2.47. The van der Waals surface area contributed by atoms with Crippen LogP contribution in [-0.2, 0) is 4.79 Å². The summed E-state index contributed by atoms with van der Waals surface area (Å²) in [6.45, 7) is 0. The van der Waals surface area contributed by atoms with Gasteiger partial charge in [-0.05, 0) is 25.0 Å². The Kier molecular flexibility index (Phi) is 5.04. The number of para-hydroxylation sites is 1. The van der Waals surface area contributed by atoms with Gasteiger partial charge in [0.15, 0.2) is 5.78 Å². The third kappa shape index (κ3) is 4.62. The molecular formula is C16H18F3NO. The molecule has 1 fully saturated rings. The second-order valence-corrected chi connectivity index (χ2v) is 5.28. The van der Waals surface area contributed by atoms with E-state index in [0.717, 1.165) is 25.3 Å². The molecule has 1 N–H and O–H groups in total. The quantitative estimate of drug-likeness (QED) is 0.817. The Morgan fingerprint density at radius 2 is 1.71 bits per heavy atom. The summed E-state index contributed by atoms with van der Waals surface area (Å²) in [5.41, 5.74) is -0.679. The van der Waals surface area contributed by atoms with E-state index in [1.807, 2.05) is 0 Å². The molecule has 21 heavy (non-hydrogen) atoms. The summed E-state index contributed by atoms with van der Waals surface area (Å²) in [5.74, 6) is -0.695. The van der Waals surface area contributed by atoms with Gasteiger partial charge in [0.2, 0.25) is 0 Å². The van der Waals surface area contributed by atoms with Crippen molar-refractivity contribution < 1.29 is 18.0 Å². The van der Waals surface area contributed by atoms with E-state index in [2.05, 4.69) is 5.32 Å². The number of alkyl halides is 3. The van der Waals surface area contributed by atoms with Crippen molar-refractivity contribution >= 4 is 11.5 Å². The lowest BCUT2D eigenvalue weighted by Gasteiger charge is -2.20. The van der Waals surface area contributed by atoms with Crippen LogP contribution in [0, 0.1) is 5.92 Å². The van der Waals surface area contributed by atoms with Crippen LogP contribution < -0.4 is 5.32 Å². The first-order valence-corrected chi connectivity index (χ1v) is 7.11. The molecule has 0 spiro atoms. The van der Waals surface area contributed by atoms with Crippen LogP contribution in [0.5, 0.6) is 0 Å².